The molecule has 1 aromatic carbocycles. The average Bonchev–Trinajstić information content (AvgIpc) is 3.00. The second-order valence-corrected chi connectivity index (χ2v) is 9.34. The average molecular weight is 362 g/mol. The molecule has 8 heteroatoms. The van der Waals surface area contributed by atoms with E-state index in [1.54, 1.807) is 18.2 Å². The van der Waals surface area contributed by atoms with E-state index in [1.807, 2.05) is 0 Å². The largest absolute Gasteiger partial charge is 0.346 e. The number of aromatic amines is 1. The number of hydrogen-bond donors (Lipinski definition) is 2. The first kappa shape index (κ1) is 16.5. The number of amides is 1. The monoisotopic (exact) mass is 362 g/mol. The molecule has 0 saturated carbocycles. The van der Waals surface area contributed by atoms with Gasteiger partial charge in [-0.15, -0.1) is 0 Å². The van der Waals surface area contributed by atoms with Gasteiger partial charge in [0.25, 0.3) is 5.91 Å². The molecule has 3 aliphatic heterocycles. The molecule has 3 saturated heterocycles. The van der Waals surface area contributed by atoms with Crippen LogP contribution in [0, 0.1) is 5.92 Å². The van der Waals surface area contributed by atoms with E-state index in [1.165, 1.54) is 6.26 Å². The van der Waals surface area contributed by atoms with E-state index in [0.717, 1.165) is 32.5 Å². The Morgan fingerprint density at radius 2 is 2.12 bits per heavy atom. The predicted octanol–water partition coefficient (Wildman–Crippen LogP) is 0.931. The summed E-state index contributed by atoms with van der Waals surface area (Å²) >= 11 is 0. The molecule has 3 fully saturated rings. The molecule has 1 aromatic heterocycles. The first-order chi connectivity index (χ1) is 11.9. The molecule has 1 atom stereocenters. The molecular formula is C17H22N4O3S. The lowest BCUT2D eigenvalue weighted by atomic mass is 9.84. The molecule has 1 amide bonds. The lowest BCUT2D eigenvalue weighted by molar-refractivity contribution is 0.0618. The Bertz CT molecular complexity index is 913. The molecule has 7 nitrogen and oxygen atoms in total. The third-order valence-electron chi connectivity index (χ3n) is 5.28. The Balaban J connectivity index is 1.63. The van der Waals surface area contributed by atoms with Gasteiger partial charge in [0, 0.05) is 24.2 Å². The normalized spacial score (nSPS) is 26.0. The third-order valence-corrected chi connectivity index (χ3v) is 6.12. The van der Waals surface area contributed by atoms with E-state index in [4.69, 9.17) is 0 Å². The van der Waals surface area contributed by atoms with Crippen LogP contribution >= 0.6 is 0 Å². The molecule has 134 valence electrons. The topological polar surface area (TPSA) is 95.2 Å². The van der Waals surface area contributed by atoms with Crippen LogP contribution in [0.15, 0.2) is 18.2 Å². The number of nitrogens with one attached hydrogen (secondary N) is 2. The molecule has 0 unspecified atom stereocenters. The van der Waals surface area contributed by atoms with Crippen LogP contribution in [-0.2, 0) is 15.6 Å². The summed E-state index contributed by atoms with van der Waals surface area (Å²) < 4.78 is 23.4. The molecule has 2 bridgehead atoms. The predicted molar refractivity (Wildman–Crippen MR) is 95.1 cm³/mol. The van der Waals surface area contributed by atoms with Crippen molar-refractivity contribution in [1.29, 1.82) is 0 Å². The van der Waals surface area contributed by atoms with Gasteiger partial charge in [0.05, 0.1) is 11.3 Å². The van der Waals surface area contributed by atoms with Crippen molar-refractivity contribution in [3.63, 3.8) is 0 Å². The molecule has 0 spiro atoms. The Morgan fingerprint density at radius 3 is 2.76 bits per heavy atom. The number of carbonyl (C=O) groups excluding carboxylic acids is 1. The fourth-order valence-corrected chi connectivity index (χ4v) is 4.88. The van der Waals surface area contributed by atoms with E-state index in [9.17, 15) is 13.2 Å². The van der Waals surface area contributed by atoms with Gasteiger partial charge in [-0.2, -0.15) is 5.10 Å². The quantitative estimate of drug-likeness (QED) is 0.844. The number of H-pyrrole nitrogens is 1. The Kier molecular flexibility index (Phi) is 4.04. The zero-order valence-electron chi connectivity index (χ0n) is 14.2. The van der Waals surface area contributed by atoms with Crippen molar-refractivity contribution >= 4 is 26.6 Å². The van der Waals surface area contributed by atoms with Crippen molar-refractivity contribution in [2.75, 3.05) is 25.9 Å². The highest BCUT2D eigenvalue weighted by Crippen LogP contribution is 2.28. The first-order valence-corrected chi connectivity index (χ1v) is 10.6. The van der Waals surface area contributed by atoms with Crippen LogP contribution in [-0.4, -0.2) is 61.4 Å². The molecule has 2 N–H and O–H groups in total. The van der Waals surface area contributed by atoms with Gasteiger partial charge in [0.2, 0.25) is 0 Å². The van der Waals surface area contributed by atoms with Crippen LogP contribution in [0.25, 0.3) is 10.9 Å². The van der Waals surface area contributed by atoms with Crippen molar-refractivity contribution < 1.29 is 13.2 Å². The van der Waals surface area contributed by atoms with Crippen LogP contribution in [0.5, 0.6) is 0 Å². The summed E-state index contributed by atoms with van der Waals surface area (Å²) in [6.45, 7) is 3.11. The van der Waals surface area contributed by atoms with Gasteiger partial charge < -0.3 is 10.2 Å². The van der Waals surface area contributed by atoms with Crippen molar-refractivity contribution in [2.24, 2.45) is 5.92 Å². The lowest BCUT2D eigenvalue weighted by Gasteiger charge is -2.44. The summed E-state index contributed by atoms with van der Waals surface area (Å²) in [6.07, 6.45) is 3.43. The Hall–Kier alpha value is -1.93. The summed E-state index contributed by atoms with van der Waals surface area (Å²) in [4.78, 5) is 15.2. The number of sulfone groups is 1. The first-order valence-electron chi connectivity index (χ1n) is 8.57. The van der Waals surface area contributed by atoms with E-state index in [0.29, 0.717) is 22.4 Å². The van der Waals surface area contributed by atoms with E-state index >= 15 is 0 Å². The number of fused-ring (bicyclic) bond motifs is 4. The minimum Gasteiger partial charge on any atom is -0.346 e. The highest BCUT2D eigenvalue weighted by atomic mass is 32.2. The molecule has 4 heterocycles. The summed E-state index contributed by atoms with van der Waals surface area (Å²) in [7, 11) is -3.20. The molecule has 5 rings (SSSR count). The molecule has 0 radical (unpaired) electrons. The number of rotatable bonds is 4. The van der Waals surface area contributed by atoms with Crippen LogP contribution < -0.4 is 5.32 Å². The second-order valence-electron chi connectivity index (χ2n) is 7.20. The van der Waals surface area contributed by atoms with E-state index < -0.39 is 9.84 Å². The highest BCUT2D eigenvalue weighted by Gasteiger charge is 2.35. The van der Waals surface area contributed by atoms with Gasteiger partial charge in [-0.1, -0.05) is 12.1 Å². The van der Waals surface area contributed by atoms with Crippen molar-refractivity contribution in [2.45, 2.75) is 24.6 Å². The van der Waals surface area contributed by atoms with Gasteiger partial charge in [-0.25, -0.2) is 8.42 Å². The minimum absolute atomic E-state index is 0.107. The lowest BCUT2D eigenvalue weighted by Crippen LogP contribution is -2.57. The van der Waals surface area contributed by atoms with Crippen molar-refractivity contribution in [3.05, 3.63) is 29.5 Å². The fraction of sp³-hybridized carbons (Fsp3) is 0.529. The van der Waals surface area contributed by atoms with Gasteiger partial charge in [0.1, 0.15) is 0 Å². The number of piperidine rings is 3. The molecule has 25 heavy (non-hydrogen) atoms. The number of nitrogens with zero attached hydrogens (tertiary/aromatic N) is 2. The summed E-state index contributed by atoms with van der Waals surface area (Å²) in [5.74, 6) is 0.185. The van der Waals surface area contributed by atoms with Crippen LogP contribution in [0.4, 0.5) is 0 Å². The zero-order valence-corrected chi connectivity index (χ0v) is 15.0. The van der Waals surface area contributed by atoms with Gasteiger partial charge in [0.15, 0.2) is 15.5 Å². The zero-order chi connectivity index (χ0) is 17.6. The summed E-state index contributed by atoms with van der Waals surface area (Å²) in [6, 6.07) is 5.46. The molecular weight excluding hydrogens is 340 g/mol. The van der Waals surface area contributed by atoms with Gasteiger partial charge >= 0.3 is 0 Å². The Labute approximate surface area is 146 Å². The molecule has 0 aliphatic carbocycles. The van der Waals surface area contributed by atoms with E-state index in [2.05, 4.69) is 20.4 Å². The van der Waals surface area contributed by atoms with Crippen molar-refractivity contribution in [3.8, 4) is 0 Å². The maximum absolute atomic E-state index is 12.8. The molecule has 3 aliphatic rings. The van der Waals surface area contributed by atoms with E-state index in [-0.39, 0.29) is 23.4 Å². The molecule has 2 aromatic rings. The van der Waals surface area contributed by atoms with Crippen LogP contribution in [0.2, 0.25) is 0 Å². The maximum Gasteiger partial charge on any atom is 0.272 e. The maximum atomic E-state index is 12.8. The standard InChI is InChI=1S/C17H22N4O3S/c1-25(23,24)10-12-3-2-4-13-15(12)16(20-19-13)17(22)18-14-9-21-7-5-11(14)6-8-21/h2-4,11,14H,5-10H2,1H3,(H,18,22)(H,19,20)/t14-/m1/s1. The fourth-order valence-electron chi connectivity index (χ4n) is 4.08. The highest BCUT2D eigenvalue weighted by molar-refractivity contribution is 7.89. The van der Waals surface area contributed by atoms with Crippen LogP contribution in [0.3, 0.4) is 0 Å². The Morgan fingerprint density at radius 1 is 1.36 bits per heavy atom. The summed E-state index contributed by atoms with van der Waals surface area (Å²) in [5.41, 5.74) is 1.57. The summed E-state index contributed by atoms with van der Waals surface area (Å²) in [5, 5.41) is 10.7. The van der Waals surface area contributed by atoms with Crippen molar-refractivity contribution in [1.82, 2.24) is 20.4 Å². The van der Waals surface area contributed by atoms with Crippen LogP contribution in [0.1, 0.15) is 28.9 Å². The van der Waals surface area contributed by atoms with Gasteiger partial charge in [-0.05, 0) is 43.5 Å². The van der Waals surface area contributed by atoms with Gasteiger partial charge in [-0.3, -0.25) is 9.89 Å². The third kappa shape index (κ3) is 3.28. The number of benzene rings is 1. The smallest absolute Gasteiger partial charge is 0.272 e. The minimum atomic E-state index is -3.20. The SMILES string of the molecule is CS(=O)(=O)Cc1cccc2[nH]nc(C(=O)N[C@@H]3CN4CCC3CC4)c12. The second kappa shape index (κ2) is 6.10. The number of hydrogen-bond acceptors (Lipinski definition) is 5. The number of carbonyl (C=O) groups is 1. The number of aromatic nitrogens is 2.